The Morgan fingerprint density at radius 1 is 1.12 bits per heavy atom. The number of nitrogens with one attached hydrogen (secondary N) is 1. The lowest BCUT2D eigenvalue weighted by molar-refractivity contribution is -0.385. The number of hydrazone groups is 1. The molecule has 1 amide bonds. The fraction of sp³-hybridized carbons (Fsp3) is 0.100. The number of furan rings is 1. The number of hydrogen-bond acceptors (Lipinski definition) is 8. The third-order valence-corrected chi connectivity index (χ3v) is 7.04. The molecule has 0 bridgehead atoms. The molecule has 3 heterocycles. The largest absolute Gasteiger partial charge is 0.486 e. The van der Waals surface area contributed by atoms with E-state index >= 15 is 0 Å². The van der Waals surface area contributed by atoms with Crippen LogP contribution in [-0.2, 0) is 6.61 Å². The van der Waals surface area contributed by atoms with Crippen molar-refractivity contribution in [1.82, 2.24) is 15.0 Å². The average Bonchev–Trinajstić information content (AvgIpc) is 3.60. The maximum absolute atomic E-state index is 12.5. The molecule has 43 heavy (non-hydrogen) atoms. The summed E-state index contributed by atoms with van der Waals surface area (Å²) in [5, 5.41) is 15.0. The normalized spacial score (nSPS) is 11.1. The molecule has 0 fully saturated rings. The van der Waals surface area contributed by atoms with Gasteiger partial charge in [0.2, 0.25) is 5.88 Å². The van der Waals surface area contributed by atoms with Gasteiger partial charge in [-0.25, -0.2) is 10.4 Å². The molecule has 11 nitrogen and oxygen atoms in total. The molecule has 0 aliphatic heterocycles. The fourth-order valence-corrected chi connectivity index (χ4v) is 5.06. The molecule has 0 radical (unpaired) electrons. The van der Waals surface area contributed by atoms with Crippen molar-refractivity contribution < 1.29 is 23.6 Å². The van der Waals surface area contributed by atoms with Crippen molar-refractivity contribution in [3.8, 4) is 23.1 Å². The Bertz CT molecular complexity index is 1770. The lowest BCUT2D eigenvalue weighted by Gasteiger charge is -2.10. The standard InChI is InChI=1S/C30H23BrClN5O6/c1-18-3-4-19(2)36(18)21-5-8-23(9-6-21)41-17-24-10-11-27(42-24)30(38)35-34-15-20-13-25(31)29(26(32)14-20)43-28-12-7-22(16-33-28)37(39)40/h3-16H,17H2,1-2H3,(H,35,38)/b34-15+. The first-order valence-corrected chi connectivity index (χ1v) is 13.9. The number of nitro groups is 1. The van der Waals surface area contributed by atoms with Gasteiger partial charge in [-0.05, 0) is 96.0 Å². The molecule has 0 atom stereocenters. The second-order valence-corrected chi connectivity index (χ2v) is 10.5. The predicted molar refractivity (Wildman–Crippen MR) is 163 cm³/mol. The number of hydrogen-bond donors (Lipinski definition) is 1. The van der Waals surface area contributed by atoms with E-state index in [1.807, 2.05) is 24.3 Å². The summed E-state index contributed by atoms with van der Waals surface area (Å²) in [4.78, 5) is 26.7. The molecular formula is C30H23BrClN5O6. The van der Waals surface area contributed by atoms with E-state index in [1.54, 1.807) is 18.2 Å². The summed E-state index contributed by atoms with van der Waals surface area (Å²) >= 11 is 9.74. The van der Waals surface area contributed by atoms with Gasteiger partial charge in [0.1, 0.15) is 24.3 Å². The maximum atomic E-state index is 12.5. The summed E-state index contributed by atoms with van der Waals surface area (Å²) in [7, 11) is 0. The zero-order valence-corrected chi connectivity index (χ0v) is 25.1. The topological polar surface area (TPSA) is 134 Å². The van der Waals surface area contributed by atoms with Gasteiger partial charge in [0.15, 0.2) is 11.5 Å². The Kier molecular flexibility index (Phi) is 8.88. The number of rotatable bonds is 10. The van der Waals surface area contributed by atoms with Gasteiger partial charge in [0, 0.05) is 29.2 Å². The van der Waals surface area contributed by atoms with E-state index in [1.165, 1.54) is 24.4 Å². The van der Waals surface area contributed by atoms with Gasteiger partial charge in [0.05, 0.1) is 20.6 Å². The van der Waals surface area contributed by atoms with Gasteiger partial charge < -0.3 is 18.5 Å². The van der Waals surface area contributed by atoms with E-state index in [-0.39, 0.29) is 34.7 Å². The van der Waals surface area contributed by atoms with Crippen molar-refractivity contribution in [2.75, 3.05) is 0 Å². The molecule has 218 valence electrons. The average molecular weight is 665 g/mol. The molecule has 0 saturated heterocycles. The van der Waals surface area contributed by atoms with E-state index < -0.39 is 10.8 Å². The van der Waals surface area contributed by atoms with Crippen LogP contribution in [0.4, 0.5) is 5.69 Å². The van der Waals surface area contributed by atoms with E-state index in [9.17, 15) is 14.9 Å². The van der Waals surface area contributed by atoms with Crippen molar-refractivity contribution >= 4 is 45.3 Å². The maximum Gasteiger partial charge on any atom is 0.307 e. The first kappa shape index (κ1) is 29.5. The van der Waals surface area contributed by atoms with E-state index in [0.717, 1.165) is 23.3 Å². The van der Waals surface area contributed by atoms with Crippen LogP contribution in [0.2, 0.25) is 5.02 Å². The number of amides is 1. The highest BCUT2D eigenvalue weighted by Gasteiger charge is 2.14. The molecule has 0 aliphatic rings. The van der Waals surface area contributed by atoms with Gasteiger partial charge in [-0.2, -0.15) is 5.10 Å². The SMILES string of the molecule is Cc1ccc(C)n1-c1ccc(OCc2ccc(C(=O)N/N=C/c3cc(Cl)c(Oc4ccc([N+](=O)[O-])cn4)c(Br)c3)o2)cc1. The Labute approximate surface area is 259 Å². The smallest absolute Gasteiger partial charge is 0.307 e. The van der Waals surface area contributed by atoms with Crippen LogP contribution in [0.5, 0.6) is 17.4 Å². The molecule has 5 rings (SSSR count). The molecule has 0 unspecified atom stereocenters. The van der Waals surface area contributed by atoms with Crippen LogP contribution >= 0.6 is 27.5 Å². The van der Waals surface area contributed by atoms with E-state index in [4.69, 9.17) is 25.5 Å². The second kappa shape index (κ2) is 12.9. The minimum absolute atomic E-state index is 0.0724. The van der Waals surface area contributed by atoms with Gasteiger partial charge >= 0.3 is 5.91 Å². The lowest BCUT2D eigenvalue weighted by Crippen LogP contribution is -2.16. The number of benzene rings is 2. The summed E-state index contributed by atoms with van der Waals surface area (Å²) in [6.07, 6.45) is 2.48. The van der Waals surface area contributed by atoms with Crippen LogP contribution in [0.15, 0.2) is 93.0 Å². The minimum Gasteiger partial charge on any atom is -0.486 e. The molecule has 0 spiro atoms. The zero-order chi connectivity index (χ0) is 30.5. The molecule has 3 aromatic heterocycles. The highest BCUT2D eigenvalue weighted by molar-refractivity contribution is 9.10. The number of carbonyl (C=O) groups excluding carboxylic acids is 1. The van der Waals surface area contributed by atoms with Gasteiger partial charge in [-0.15, -0.1) is 0 Å². The van der Waals surface area contributed by atoms with Crippen molar-refractivity contribution in [1.29, 1.82) is 0 Å². The Morgan fingerprint density at radius 2 is 1.86 bits per heavy atom. The molecule has 0 saturated carbocycles. The van der Waals surface area contributed by atoms with Gasteiger partial charge in [0.25, 0.3) is 5.69 Å². The Balaban J connectivity index is 1.14. The molecule has 2 aromatic carbocycles. The predicted octanol–water partition coefficient (Wildman–Crippen LogP) is 7.54. The molecule has 5 aromatic rings. The summed E-state index contributed by atoms with van der Waals surface area (Å²) in [6.45, 7) is 4.26. The summed E-state index contributed by atoms with van der Waals surface area (Å²) in [5.74, 6) is 1.06. The van der Waals surface area contributed by atoms with Crippen molar-refractivity contribution in [2.24, 2.45) is 5.10 Å². The van der Waals surface area contributed by atoms with E-state index in [2.05, 4.69) is 62.0 Å². The van der Waals surface area contributed by atoms with Crippen LogP contribution in [-0.4, -0.2) is 26.6 Å². The zero-order valence-electron chi connectivity index (χ0n) is 22.8. The van der Waals surface area contributed by atoms with Crippen molar-refractivity contribution in [3.05, 3.63) is 127 Å². The number of carbonyl (C=O) groups is 1. The summed E-state index contributed by atoms with van der Waals surface area (Å²) in [5.41, 5.74) is 6.15. The second-order valence-electron chi connectivity index (χ2n) is 9.23. The summed E-state index contributed by atoms with van der Waals surface area (Å²) in [6, 6.07) is 20.9. The highest BCUT2D eigenvalue weighted by atomic mass is 79.9. The van der Waals surface area contributed by atoms with Gasteiger partial charge in [-0.1, -0.05) is 11.6 Å². The lowest BCUT2D eigenvalue weighted by atomic mass is 10.2. The first-order chi connectivity index (χ1) is 20.7. The quantitative estimate of drug-likeness (QED) is 0.0926. The molecule has 0 aliphatic carbocycles. The fourth-order valence-electron chi connectivity index (χ4n) is 4.12. The number of aromatic nitrogens is 2. The number of aryl methyl sites for hydroxylation is 2. The first-order valence-electron chi connectivity index (χ1n) is 12.8. The van der Waals surface area contributed by atoms with Crippen molar-refractivity contribution in [3.63, 3.8) is 0 Å². The highest BCUT2D eigenvalue weighted by Crippen LogP contribution is 2.37. The monoisotopic (exact) mass is 663 g/mol. The van der Waals surface area contributed by atoms with Crippen LogP contribution < -0.4 is 14.9 Å². The van der Waals surface area contributed by atoms with Crippen LogP contribution in [0.3, 0.4) is 0 Å². The molecule has 1 N–H and O–H groups in total. The van der Waals surface area contributed by atoms with Crippen LogP contribution in [0.25, 0.3) is 5.69 Å². The van der Waals surface area contributed by atoms with Crippen LogP contribution in [0.1, 0.15) is 33.3 Å². The Hall–Kier alpha value is -4.94. The third kappa shape index (κ3) is 7.11. The number of nitrogens with zero attached hydrogens (tertiary/aromatic N) is 4. The molecule has 13 heteroatoms. The van der Waals surface area contributed by atoms with Crippen molar-refractivity contribution in [2.45, 2.75) is 20.5 Å². The summed E-state index contributed by atoms with van der Waals surface area (Å²) < 4.78 is 19.7. The van der Waals surface area contributed by atoms with E-state index in [0.29, 0.717) is 21.5 Å². The Morgan fingerprint density at radius 3 is 2.51 bits per heavy atom. The third-order valence-electron chi connectivity index (χ3n) is 6.17. The van der Waals surface area contributed by atoms with Gasteiger partial charge in [-0.3, -0.25) is 14.9 Å². The number of pyridine rings is 1. The number of halogens is 2. The number of ether oxygens (including phenoxy) is 2. The molecular weight excluding hydrogens is 642 g/mol. The minimum atomic E-state index is -0.556. The van der Waals surface area contributed by atoms with Crippen LogP contribution in [0, 0.1) is 24.0 Å².